The van der Waals surface area contributed by atoms with E-state index in [0.29, 0.717) is 11.6 Å². The van der Waals surface area contributed by atoms with Gasteiger partial charge in [-0.2, -0.15) is 0 Å². The Morgan fingerprint density at radius 1 is 1.17 bits per heavy atom. The van der Waals surface area contributed by atoms with E-state index < -0.39 is 0 Å². The van der Waals surface area contributed by atoms with E-state index in [1.54, 1.807) is 12.1 Å². The molecule has 0 spiro atoms. The second kappa shape index (κ2) is 7.16. The van der Waals surface area contributed by atoms with Crippen molar-refractivity contribution in [1.82, 2.24) is 10.3 Å². The first kappa shape index (κ1) is 15.4. The van der Waals surface area contributed by atoms with Crippen LogP contribution in [0.2, 0.25) is 5.02 Å². The number of aromatic nitrogens is 1. The zero-order valence-electron chi connectivity index (χ0n) is 12.6. The van der Waals surface area contributed by atoms with E-state index in [-0.39, 0.29) is 5.91 Å². The summed E-state index contributed by atoms with van der Waals surface area (Å²) in [5.74, 6) is -0.107. The Balaban J connectivity index is 1.53. The number of benzene rings is 2. The summed E-state index contributed by atoms with van der Waals surface area (Å²) in [6.45, 7) is 0.598. The Kier molecular flexibility index (Phi) is 4.79. The van der Waals surface area contributed by atoms with E-state index in [4.69, 9.17) is 11.6 Å². The number of para-hydroxylation sites is 1. The molecule has 1 amide bonds. The van der Waals surface area contributed by atoms with Crippen molar-refractivity contribution in [2.24, 2.45) is 0 Å². The molecule has 116 valence electrons. The lowest BCUT2D eigenvalue weighted by atomic mass is 10.1. The van der Waals surface area contributed by atoms with Crippen LogP contribution in [0.3, 0.4) is 0 Å². The number of aromatic amines is 1. The van der Waals surface area contributed by atoms with Crippen LogP contribution in [0.15, 0.2) is 60.8 Å². The molecule has 0 radical (unpaired) electrons. The number of carbonyl (C=O) groups excluding carboxylic acids is 1. The maximum atomic E-state index is 11.9. The summed E-state index contributed by atoms with van der Waals surface area (Å²) in [5, 5.41) is 4.76. The van der Waals surface area contributed by atoms with Crippen LogP contribution in [0, 0.1) is 0 Å². The summed E-state index contributed by atoms with van der Waals surface area (Å²) in [6.07, 6.45) is 6.08. The topological polar surface area (TPSA) is 44.9 Å². The first-order valence-electron chi connectivity index (χ1n) is 7.49. The molecule has 3 rings (SSSR count). The molecule has 0 fully saturated rings. The molecule has 0 aliphatic rings. The van der Waals surface area contributed by atoms with Crippen LogP contribution in [0.4, 0.5) is 0 Å². The summed E-state index contributed by atoms with van der Waals surface area (Å²) in [7, 11) is 0. The second-order valence-electron chi connectivity index (χ2n) is 5.29. The molecule has 0 saturated heterocycles. The van der Waals surface area contributed by atoms with Gasteiger partial charge in [0.1, 0.15) is 0 Å². The van der Waals surface area contributed by atoms with Crippen molar-refractivity contribution in [3.63, 3.8) is 0 Å². The predicted octanol–water partition coefficient (Wildman–Crippen LogP) is 4.19. The first-order chi connectivity index (χ1) is 11.2. The van der Waals surface area contributed by atoms with Crippen molar-refractivity contribution in [3.05, 3.63) is 77.0 Å². The van der Waals surface area contributed by atoms with Gasteiger partial charge in [0, 0.05) is 34.7 Å². The maximum Gasteiger partial charge on any atom is 0.244 e. The Morgan fingerprint density at radius 3 is 2.91 bits per heavy atom. The average Bonchev–Trinajstić information content (AvgIpc) is 2.97. The minimum absolute atomic E-state index is 0.107. The molecule has 0 saturated carbocycles. The zero-order valence-corrected chi connectivity index (χ0v) is 13.3. The van der Waals surface area contributed by atoms with E-state index in [1.165, 1.54) is 17.0 Å². The molecule has 23 heavy (non-hydrogen) atoms. The highest BCUT2D eigenvalue weighted by molar-refractivity contribution is 6.30. The van der Waals surface area contributed by atoms with Gasteiger partial charge in [-0.3, -0.25) is 4.79 Å². The van der Waals surface area contributed by atoms with Crippen LogP contribution >= 0.6 is 11.6 Å². The molecule has 0 unspecified atom stereocenters. The quantitative estimate of drug-likeness (QED) is 0.679. The number of hydrogen-bond acceptors (Lipinski definition) is 1. The van der Waals surface area contributed by atoms with Gasteiger partial charge in [-0.15, -0.1) is 0 Å². The molecular formula is C19H17ClN2O. The van der Waals surface area contributed by atoms with Crippen LogP contribution in [0.5, 0.6) is 0 Å². The van der Waals surface area contributed by atoms with Crippen molar-refractivity contribution < 1.29 is 4.79 Å². The number of fused-ring (bicyclic) bond motifs is 1. The van der Waals surface area contributed by atoms with E-state index in [9.17, 15) is 4.79 Å². The molecule has 1 heterocycles. The van der Waals surface area contributed by atoms with Crippen molar-refractivity contribution in [3.8, 4) is 0 Å². The Morgan fingerprint density at radius 2 is 2.04 bits per heavy atom. The minimum atomic E-state index is -0.107. The molecule has 0 atom stereocenters. The SMILES string of the molecule is O=C(/C=C/c1cccc(Cl)c1)NCCc1c[nH]c2ccccc12. The third-order valence-electron chi connectivity index (χ3n) is 3.64. The van der Waals surface area contributed by atoms with Gasteiger partial charge in [-0.05, 0) is 41.8 Å². The monoisotopic (exact) mass is 324 g/mol. The molecule has 1 aromatic heterocycles. The summed E-state index contributed by atoms with van der Waals surface area (Å²) >= 11 is 5.91. The van der Waals surface area contributed by atoms with E-state index in [1.807, 2.05) is 42.6 Å². The highest BCUT2D eigenvalue weighted by atomic mass is 35.5. The molecule has 0 aliphatic carbocycles. The Hall–Kier alpha value is -2.52. The lowest BCUT2D eigenvalue weighted by Crippen LogP contribution is -2.23. The fraction of sp³-hybridized carbons (Fsp3) is 0.105. The highest BCUT2D eigenvalue weighted by Crippen LogP contribution is 2.17. The minimum Gasteiger partial charge on any atom is -0.361 e. The number of H-pyrrole nitrogens is 1. The second-order valence-corrected chi connectivity index (χ2v) is 5.73. The molecule has 0 aliphatic heterocycles. The Labute approximate surface area is 140 Å². The zero-order chi connectivity index (χ0) is 16.1. The third-order valence-corrected chi connectivity index (χ3v) is 3.88. The highest BCUT2D eigenvalue weighted by Gasteiger charge is 2.03. The molecule has 0 bridgehead atoms. The molecule has 2 aromatic carbocycles. The van der Waals surface area contributed by atoms with Crippen molar-refractivity contribution in [1.29, 1.82) is 0 Å². The molecule has 3 nitrogen and oxygen atoms in total. The van der Waals surface area contributed by atoms with Crippen LogP contribution in [-0.4, -0.2) is 17.4 Å². The number of halogens is 1. The van der Waals surface area contributed by atoms with Gasteiger partial charge in [-0.25, -0.2) is 0 Å². The predicted molar refractivity (Wildman–Crippen MR) is 95.5 cm³/mol. The average molecular weight is 325 g/mol. The number of hydrogen-bond donors (Lipinski definition) is 2. The fourth-order valence-corrected chi connectivity index (χ4v) is 2.70. The number of nitrogens with one attached hydrogen (secondary N) is 2. The van der Waals surface area contributed by atoms with Crippen molar-refractivity contribution in [2.75, 3.05) is 6.54 Å². The van der Waals surface area contributed by atoms with Gasteiger partial charge >= 0.3 is 0 Å². The third kappa shape index (κ3) is 4.02. The van der Waals surface area contributed by atoms with Crippen molar-refractivity contribution >= 4 is 34.5 Å². The maximum absolute atomic E-state index is 11.9. The van der Waals surface area contributed by atoms with Crippen molar-refractivity contribution in [2.45, 2.75) is 6.42 Å². The number of amides is 1. The van der Waals surface area contributed by atoms with Crippen LogP contribution in [-0.2, 0) is 11.2 Å². The van der Waals surface area contributed by atoms with E-state index >= 15 is 0 Å². The number of rotatable bonds is 5. The van der Waals surface area contributed by atoms with Gasteiger partial charge in [0.05, 0.1) is 0 Å². The molecular weight excluding hydrogens is 308 g/mol. The summed E-state index contributed by atoms with van der Waals surface area (Å²) in [6, 6.07) is 15.5. The summed E-state index contributed by atoms with van der Waals surface area (Å²) in [5.41, 5.74) is 3.23. The lowest BCUT2D eigenvalue weighted by Gasteiger charge is -2.02. The van der Waals surface area contributed by atoms with Gasteiger partial charge in [0.25, 0.3) is 0 Å². The van der Waals surface area contributed by atoms with Gasteiger partial charge < -0.3 is 10.3 Å². The van der Waals surface area contributed by atoms with E-state index in [2.05, 4.69) is 16.4 Å². The molecule has 4 heteroatoms. The standard InChI is InChI=1S/C19H17ClN2O/c20-16-5-3-4-14(12-16)8-9-19(23)21-11-10-15-13-22-18-7-2-1-6-17(15)18/h1-9,12-13,22H,10-11H2,(H,21,23)/b9-8+. The smallest absolute Gasteiger partial charge is 0.244 e. The molecule has 2 N–H and O–H groups in total. The van der Waals surface area contributed by atoms with Gasteiger partial charge in [0.15, 0.2) is 0 Å². The number of carbonyl (C=O) groups is 1. The van der Waals surface area contributed by atoms with E-state index in [0.717, 1.165) is 17.5 Å². The van der Waals surface area contributed by atoms with Gasteiger partial charge in [-0.1, -0.05) is 41.9 Å². The lowest BCUT2D eigenvalue weighted by molar-refractivity contribution is -0.116. The van der Waals surface area contributed by atoms with Crippen LogP contribution < -0.4 is 5.32 Å². The summed E-state index contributed by atoms with van der Waals surface area (Å²) in [4.78, 5) is 15.1. The fourth-order valence-electron chi connectivity index (χ4n) is 2.50. The van der Waals surface area contributed by atoms with Gasteiger partial charge in [0.2, 0.25) is 5.91 Å². The molecule has 3 aromatic rings. The summed E-state index contributed by atoms with van der Waals surface area (Å²) < 4.78 is 0. The largest absolute Gasteiger partial charge is 0.361 e. The first-order valence-corrected chi connectivity index (χ1v) is 7.86. The normalized spacial score (nSPS) is 11.2. The van der Waals surface area contributed by atoms with Crippen LogP contribution in [0.1, 0.15) is 11.1 Å². The Bertz CT molecular complexity index is 851. The van der Waals surface area contributed by atoms with Crippen LogP contribution in [0.25, 0.3) is 17.0 Å².